The highest BCUT2D eigenvalue weighted by Gasteiger charge is 2.13. The Bertz CT molecular complexity index is 1540. The Balaban J connectivity index is 1.35. The molecule has 3 aromatic carbocycles. The normalized spacial score (nSPS) is 11.1. The Morgan fingerprint density at radius 3 is 2.50 bits per heavy atom. The van der Waals surface area contributed by atoms with Crippen molar-refractivity contribution in [3.63, 3.8) is 0 Å². The van der Waals surface area contributed by atoms with E-state index in [4.69, 9.17) is 4.74 Å². The highest BCUT2D eigenvalue weighted by Crippen LogP contribution is 2.31. The molecule has 5 aromatic rings. The maximum Gasteiger partial charge on any atom is 0.276 e. The molecule has 0 aliphatic heterocycles. The van der Waals surface area contributed by atoms with Gasteiger partial charge in [-0.1, -0.05) is 36.4 Å². The molecule has 5 rings (SSSR count). The van der Waals surface area contributed by atoms with Crippen LogP contribution in [0.2, 0.25) is 0 Å². The van der Waals surface area contributed by atoms with Gasteiger partial charge in [-0.25, -0.2) is 4.68 Å². The summed E-state index contributed by atoms with van der Waals surface area (Å²) in [7, 11) is 0. The Kier molecular flexibility index (Phi) is 5.82. The average Bonchev–Trinajstić information content (AvgIpc) is 3.19. The molecule has 2 aromatic heterocycles. The highest BCUT2D eigenvalue weighted by molar-refractivity contribution is 6.10. The van der Waals surface area contributed by atoms with Gasteiger partial charge in [0, 0.05) is 40.1 Å². The number of hydrogen-bond acceptors (Lipinski definition) is 4. The topological polar surface area (TPSA) is 78.2 Å². The van der Waals surface area contributed by atoms with Crippen molar-refractivity contribution in [2.24, 2.45) is 0 Å². The number of carbonyl (C=O) groups is 1. The molecular weight excluding hydrogens is 428 g/mol. The molecule has 7 heteroatoms. The van der Waals surface area contributed by atoms with Crippen LogP contribution in [0.5, 0.6) is 5.75 Å². The van der Waals surface area contributed by atoms with Crippen LogP contribution >= 0.6 is 0 Å². The second-order valence-corrected chi connectivity index (χ2v) is 7.89. The van der Waals surface area contributed by atoms with Gasteiger partial charge >= 0.3 is 0 Å². The average molecular weight is 453 g/mol. The van der Waals surface area contributed by atoms with Crippen LogP contribution in [0.4, 0.5) is 5.69 Å². The first-order valence-electron chi connectivity index (χ1n) is 11.2. The Morgan fingerprint density at radius 2 is 1.68 bits per heavy atom. The van der Waals surface area contributed by atoms with Crippen molar-refractivity contribution in [3.05, 3.63) is 101 Å². The number of anilines is 1. The molecule has 34 heavy (non-hydrogen) atoms. The smallest absolute Gasteiger partial charge is 0.276 e. The second kappa shape index (κ2) is 9.23. The minimum atomic E-state index is -0.378. The summed E-state index contributed by atoms with van der Waals surface area (Å²) in [4.78, 5) is 25.1. The number of rotatable bonds is 7. The van der Waals surface area contributed by atoms with Crippen LogP contribution in [0.3, 0.4) is 0 Å². The van der Waals surface area contributed by atoms with E-state index >= 15 is 0 Å². The molecule has 170 valence electrons. The Labute approximate surface area is 196 Å². The van der Waals surface area contributed by atoms with Crippen LogP contribution in [-0.4, -0.2) is 26.9 Å². The van der Waals surface area contributed by atoms with E-state index in [0.29, 0.717) is 11.4 Å². The summed E-state index contributed by atoms with van der Waals surface area (Å²) in [5.41, 5.74) is 2.82. The van der Waals surface area contributed by atoms with Crippen LogP contribution in [0.1, 0.15) is 17.4 Å². The van der Waals surface area contributed by atoms with Gasteiger partial charge in [0.05, 0.1) is 6.54 Å². The Morgan fingerprint density at radius 1 is 0.912 bits per heavy atom. The van der Waals surface area contributed by atoms with Crippen LogP contribution in [-0.2, 0) is 13.1 Å². The number of para-hydroxylation sites is 2. The maximum absolute atomic E-state index is 12.9. The number of nitrogens with one attached hydrogen (secondary N) is 1. The number of aromatic nitrogens is 3. The molecule has 0 aliphatic carbocycles. The molecule has 0 spiro atoms. The van der Waals surface area contributed by atoms with Gasteiger partial charge in [0.1, 0.15) is 18.1 Å². The second-order valence-electron chi connectivity index (χ2n) is 7.89. The quantitative estimate of drug-likeness (QED) is 0.388. The Hall–Kier alpha value is -4.39. The molecule has 0 unspecified atom stereocenters. The van der Waals surface area contributed by atoms with Gasteiger partial charge in [0.15, 0.2) is 0 Å². The van der Waals surface area contributed by atoms with Gasteiger partial charge in [-0.2, -0.15) is 5.10 Å². The van der Waals surface area contributed by atoms with Crippen molar-refractivity contribution in [2.45, 2.75) is 20.0 Å². The number of carbonyl (C=O) groups excluding carboxylic acids is 1. The van der Waals surface area contributed by atoms with E-state index in [9.17, 15) is 9.59 Å². The van der Waals surface area contributed by atoms with Crippen molar-refractivity contribution in [1.29, 1.82) is 0 Å². The van der Waals surface area contributed by atoms with E-state index < -0.39 is 0 Å². The third-order valence-corrected chi connectivity index (χ3v) is 5.76. The first-order valence-corrected chi connectivity index (χ1v) is 11.2. The SMILES string of the molecule is CCn1c2ccccc2c2cc(NC(=O)c3ccc(=O)n(CCOc4ccccc4)n3)ccc21. The van der Waals surface area contributed by atoms with Gasteiger partial charge in [0.2, 0.25) is 0 Å². The van der Waals surface area contributed by atoms with Crippen molar-refractivity contribution < 1.29 is 9.53 Å². The van der Waals surface area contributed by atoms with Crippen molar-refractivity contribution in [1.82, 2.24) is 14.3 Å². The summed E-state index contributed by atoms with van der Waals surface area (Å²) in [6, 6.07) is 26.2. The third kappa shape index (κ3) is 4.15. The molecule has 2 heterocycles. The molecule has 0 fully saturated rings. The molecule has 7 nitrogen and oxygen atoms in total. The fourth-order valence-electron chi connectivity index (χ4n) is 4.16. The van der Waals surface area contributed by atoms with E-state index in [0.717, 1.165) is 28.4 Å². The summed E-state index contributed by atoms with van der Waals surface area (Å²) in [5, 5.41) is 9.37. The fourth-order valence-corrected chi connectivity index (χ4v) is 4.16. The number of nitrogens with zero attached hydrogens (tertiary/aromatic N) is 3. The monoisotopic (exact) mass is 452 g/mol. The van der Waals surface area contributed by atoms with Crippen LogP contribution in [0.15, 0.2) is 89.7 Å². The van der Waals surface area contributed by atoms with Crippen LogP contribution < -0.4 is 15.6 Å². The van der Waals surface area contributed by atoms with Gasteiger partial charge in [-0.3, -0.25) is 9.59 Å². The molecule has 0 aliphatic rings. The first-order chi connectivity index (χ1) is 16.6. The van der Waals surface area contributed by atoms with Gasteiger partial charge < -0.3 is 14.6 Å². The number of aryl methyl sites for hydroxylation is 1. The fraction of sp³-hybridized carbons (Fsp3) is 0.148. The van der Waals surface area contributed by atoms with Gasteiger partial charge in [0.25, 0.3) is 11.5 Å². The van der Waals surface area contributed by atoms with E-state index in [-0.39, 0.29) is 30.3 Å². The number of amides is 1. The van der Waals surface area contributed by atoms with Crippen molar-refractivity contribution in [2.75, 3.05) is 11.9 Å². The van der Waals surface area contributed by atoms with E-state index in [1.807, 2.05) is 60.7 Å². The molecule has 0 atom stereocenters. The molecule has 0 saturated carbocycles. The predicted molar refractivity (Wildman–Crippen MR) is 134 cm³/mol. The highest BCUT2D eigenvalue weighted by atomic mass is 16.5. The van der Waals surface area contributed by atoms with Crippen LogP contribution in [0.25, 0.3) is 21.8 Å². The van der Waals surface area contributed by atoms with Gasteiger partial charge in [-0.05, 0) is 49.4 Å². The maximum atomic E-state index is 12.9. The summed E-state index contributed by atoms with van der Waals surface area (Å²) in [5.74, 6) is 0.334. The molecular formula is C27H24N4O3. The first kappa shape index (κ1) is 21.5. The predicted octanol–water partition coefficient (Wildman–Crippen LogP) is 4.70. The van der Waals surface area contributed by atoms with Crippen molar-refractivity contribution in [3.8, 4) is 5.75 Å². The van der Waals surface area contributed by atoms with Crippen molar-refractivity contribution >= 4 is 33.4 Å². The molecule has 1 amide bonds. The van der Waals surface area contributed by atoms with E-state index in [1.165, 1.54) is 16.8 Å². The lowest BCUT2D eigenvalue weighted by Crippen LogP contribution is -2.28. The largest absolute Gasteiger partial charge is 0.492 e. The minimum absolute atomic E-state index is 0.162. The molecule has 0 saturated heterocycles. The number of benzene rings is 3. The zero-order valence-electron chi connectivity index (χ0n) is 18.8. The van der Waals surface area contributed by atoms with Gasteiger partial charge in [-0.15, -0.1) is 0 Å². The van der Waals surface area contributed by atoms with E-state index in [1.54, 1.807) is 0 Å². The number of fused-ring (bicyclic) bond motifs is 3. The zero-order valence-corrected chi connectivity index (χ0v) is 18.8. The third-order valence-electron chi connectivity index (χ3n) is 5.76. The zero-order chi connectivity index (χ0) is 23.5. The lowest BCUT2D eigenvalue weighted by molar-refractivity contribution is 0.101. The minimum Gasteiger partial charge on any atom is -0.492 e. The summed E-state index contributed by atoms with van der Waals surface area (Å²) < 4.78 is 9.15. The van der Waals surface area contributed by atoms with E-state index in [2.05, 4.69) is 34.0 Å². The lowest BCUT2D eigenvalue weighted by Gasteiger charge is -2.09. The molecule has 1 N–H and O–H groups in total. The number of ether oxygens (including phenoxy) is 1. The summed E-state index contributed by atoms with van der Waals surface area (Å²) in [6.45, 7) is 3.47. The molecule has 0 bridgehead atoms. The lowest BCUT2D eigenvalue weighted by atomic mass is 10.1. The summed E-state index contributed by atoms with van der Waals surface area (Å²) in [6.07, 6.45) is 0. The summed E-state index contributed by atoms with van der Waals surface area (Å²) >= 11 is 0. The van der Waals surface area contributed by atoms with Crippen LogP contribution in [0, 0.1) is 0 Å². The standard InChI is InChI=1S/C27H24N4O3/c1-2-30-24-11-7-6-10-21(24)22-18-19(12-14-25(22)30)28-27(33)23-13-15-26(32)31(29-23)16-17-34-20-8-4-3-5-9-20/h3-15,18H,2,16-17H2,1H3,(H,28,33). The number of hydrogen-bond donors (Lipinski definition) is 1. The molecule has 0 radical (unpaired) electrons.